The highest BCUT2D eigenvalue weighted by Gasteiger charge is 2.30. The van der Waals surface area contributed by atoms with Crippen LogP contribution in [0.25, 0.3) is 0 Å². The minimum Gasteiger partial charge on any atom is -0.385 e. The molecule has 3 nitrogen and oxygen atoms in total. The number of hydrogen-bond acceptors (Lipinski definition) is 2. The fourth-order valence-corrected chi connectivity index (χ4v) is 3.72. The van der Waals surface area contributed by atoms with Gasteiger partial charge >= 0.3 is 0 Å². The van der Waals surface area contributed by atoms with Crippen molar-refractivity contribution < 1.29 is 4.79 Å². The molecule has 3 rings (SSSR count). The topological polar surface area (TPSA) is 41.1 Å². The minimum absolute atomic E-state index is 0.0112. The van der Waals surface area contributed by atoms with Crippen LogP contribution < -0.4 is 10.6 Å². The van der Waals surface area contributed by atoms with Crippen LogP contribution in [0.1, 0.15) is 51.0 Å². The van der Waals surface area contributed by atoms with Crippen LogP contribution in [0, 0.1) is 11.8 Å². The first-order chi connectivity index (χ1) is 10.1. The van der Waals surface area contributed by atoms with Crippen molar-refractivity contribution in [2.45, 2.75) is 51.5 Å². The van der Waals surface area contributed by atoms with Gasteiger partial charge < -0.3 is 10.6 Å². The third-order valence-electron chi connectivity index (χ3n) is 5.35. The van der Waals surface area contributed by atoms with Crippen molar-refractivity contribution in [2.24, 2.45) is 11.8 Å². The number of rotatable bonds is 2. The largest absolute Gasteiger partial charge is 0.385 e. The fraction of sp³-hybridized carbons (Fsp3) is 0.611. The zero-order valence-corrected chi connectivity index (χ0v) is 13.1. The van der Waals surface area contributed by atoms with Gasteiger partial charge in [-0.3, -0.25) is 4.79 Å². The molecule has 21 heavy (non-hydrogen) atoms. The zero-order valence-electron chi connectivity index (χ0n) is 13.1. The van der Waals surface area contributed by atoms with Gasteiger partial charge in [-0.25, -0.2) is 0 Å². The van der Waals surface area contributed by atoms with Crippen LogP contribution in [0.4, 0.5) is 5.69 Å². The summed E-state index contributed by atoms with van der Waals surface area (Å²) >= 11 is 0. The van der Waals surface area contributed by atoms with Gasteiger partial charge in [0.05, 0.1) is 5.92 Å². The Kier molecular flexibility index (Phi) is 4.18. The molecule has 0 bridgehead atoms. The lowest BCUT2D eigenvalue weighted by Crippen LogP contribution is -2.43. The molecule has 1 amide bonds. The van der Waals surface area contributed by atoms with Gasteiger partial charge in [-0.15, -0.1) is 0 Å². The second kappa shape index (κ2) is 6.08. The fourth-order valence-electron chi connectivity index (χ4n) is 3.72. The van der Waals surface area contributed by atoms with Crippen LogP contribution in [0.15, 0.2) is 24.3 Å². The van der Waals surface area contributed by atoms with Crippen molar-refractivity contribution in [2.75, 3.05) is 11.9 Å². The Bertz CT molecular complexity index is 514. The van der Waals surface area contributed by atoms with Crippen LogP contribution >= 0.6 is 0 Å². The minimum atomic E-state index is 0.0112. The SMILES string of the molecule is CC1CCC(NC(=O)C2CCNc3ccccc32)CC1C. The molecular weight excluding hydrogens is 260 g/mol. The van der Waals surface area contributed by atoms with E-state index < -0.39 is 0 Å². The van der Waals surface area contributed by atoms with Gasteiger partial charge in [-0.2, -0.15) is 0 Å². The Labute approximate surface area is 127 Å². The Morgan fingerprint density at radius 1 is 1.14 bits per heavy atom. The van der Waals surface area contributed by atoms with Gasteiger partial charge in [-0.1, -0.05) is 32.0 Å². The van der Waals surface area contributed by atoms with Gasteiger partial charge in [0.2, 0.25) is 5.91 Å². The molecule has 2 N–H and O–H groups in total. The molecule has 1 heterocycles. The summed E-state index contributed by atoms with van der Waals surface area (Å²) in [5.41, 5.74) is 2.27. The second-order valence-electron chi connectivity index (χ2n) is 6.83. The smallest absolute Gasteiger partial charge is 0.227 e. The van der Waals surface area contributed by atoms with E-state index >= 15 is 0 Å². The van der Waals surface area contributed by atoms with E-state index in [4.69, 9.17) is 0 Å². The van der Waals surface area contributed by atoms with E-state index in [-0.39, 0.29) is 11.8 Å². The predicted octanol–water partition coefficient (Wildman–Crippen LogP) is 3.53. The summed E-state index contributed by atoms with van der Waals surface area (Å²) in [5.74, 6) is 1.73. The maximum atomic E-state index is 12.7. The molecular formula is C18H26N2O. The van der Waals surface area contributed by atoms with Gasteiger partial charge in [0.1, 0.15) is 0 Å². The number of para-hydroxylation sites is 1. The summed E-state index contributed by atoms with van der Waals surface area (Å²) in [6.45, 7) is 5.52. The van der Waals surface area contributed by atoms with Gasteiger partial charge in [0.15, 0.2) is 0 Å². The van der Waals surface area contributed by atoms with Crippen molar-refractivity contribution in [3.63, 3.8) is 0 Å². The molecule has 0 aromatic heterocycles. The molecule has 2 aliphatic rings. The van der Waals surface area contributed by atoms with Crippen molar-refractivity contribution in [3.05, 3.63) is 29.8 Å². The molecule has 0 saturated heterocycles. The highest BCUT2D eigenvalue weighted by Crippen LogP contribution is 2.33. The van der Waals surface area contributed by atoms with Crippen molar-refractivity contribution in [1.82, 2.24) is 5.32 Å². The monoisotopic (exact) mass is 286 g/mol. The summed E-state index contributed by atoms with van der Waals surface area (Å²) in [4.78, 5) is 12.7. The van der Waals surface area contributed by atoms with Crippen LogP contribution in [0.3, 0.4) is 0 Å². The lowest BCUT2D eigenvalue weighted by atomic mass is 9.79. The molecule has 114 valence electrons. The van der Waals surface area contributed by atoms with E-state index in [0.29, 0.717) is 12.0 Å². The molecule has 1 fully saturated rings. The summed E-state index contributed by atoms with van der Waals surface area (Å²) in [6, 6.07) is 8.56. The van der Waals surface area contributed by atoms with E-state index in [9.17, 15) is 4.79 Å². The summed E-state index contributed by atoms with van der Waals surface area (Å²) in [7, 11) is 0. The highest BCUT2D eigenvalue weighted by molar-refractivity contribution is 5.86. The number of hydrogen-bond donors (Lipinski definition) is 2. The van der Waals surface area contributed by atoms with Gasteiger partial charge in [-0.05, 0) is 49.1 Å². The molecule has 4 atom stereocenters. The highest BCUT2D eigenvalue weighted by atomic mass is 16.1. The van der Waals surface area contributed by atoms with E-state index in [2.05, 4.69) is 36.6 Å². The molecule has 1 aromatic rings. The molecule has 0 radical (unpaired) electrons. The molecule has 1 aromatic carbocycles. The Balaban J connectivity index is 1.67. The molecule has 1 aliphatic heterocycles. The van der Waals surface area contributed by atoms with E-state index in [1.54, 1.807) is 0 Å². The molecule has 1 aliphatic carbocycles. The number of carbonyl (C=O) groups excluding carboxylic acids is 1. The summed E-state index contributed by atoms with van der Waals surface area (Å²) in [5, 5.41) is 6.70. The van der Waals surface area contributed by atoms with Crippen molar-refractivity contribution >= 4 is 11.6 Å². The predicted molar refractivity (Wildman–Crippen MR) is 86.4 cm³/mol. The molecule has 1 saturated carbocycles. The van der Waals surface area contributed by atoms with E-state index in [1.165, 1.54) is 6.42 Å². The Morgan fingerprint density at radius 3 is 2.76 bits per heavy atom. The maximum Gasteiger partial charge on any atom is 0.227 e. The van der Waals surface area contributed by atoms with E-state index in [0.717, 1.165) is 43.0 Å². The Morgan fingerprint density at radius 2 is 1.95 bits per heavy atom. The standard InChI is InChI=1S/C18H26N2O/c1-12-7-8-14(11-13(12)2)20-18(21)16-9-10-19-17-6-4-3-5-15(16)17/h3-6,12-14,16,19H,7-11H2,1-2H3,(H,20,21). The maximum absolute atomic E-state index is 12.7. The second-order valence-corrected chi connectivity index (χ2v) is 6.83. The number of anilines is 1. The molecule has 3 heteroatoms. The first-order valence-corrected chi connectivity index (χ1v) is 8.28. The lowest BCUT2D eigenvalue weighted by Gasteiger charge is -2.34. The normalized spacial score (nSPS) is 31.9. The number of fused-ring (bicyclic) bond motifs is 1. The zero-order chi connectivity index (χ0) is 14.8. The van der Waals surface area contributed by atoms with Crippen molar-refractivity contribution in [3.8, 4) is 0 Å². The number of carbonyl (C=O) groups is 1. The first-order valence-electron chi connectivity index (χ1n) is 8.28. The number of amides is 1. The third kappa shape index (κ3) is 3.07. The van der Waals surface area contributed by atoms with E-state index in [1.807, 2.05) is 12.1 Å². The van der Waals surface area contributed by atoms with Crippen LogP contribution in [0.5, 0.6) is 0 Å². The lowest BCUT2D eigenvalue weighted by molar-refractivity contribution is -0.123. The van der Waals surface area contributed by atoms with Crippen LogP contribution in [-0.4, -0.2) is 18.5 Å². The number of benzene rings is 1. The number of nitrogens with one attached hydrogen (secondary N) is 2. The van der Waals surface area contributed by atoms with Crippen LogP contribution in [0.2, 0.25) is 0 Å². The quantitative estimate of drug-likeness (QED) is 0.873. The summed E-state index contributed by atoms with van der Waals surface area (Å²) in [6.07, 6.45) is 4.37. The van der Waals surface area contributed by atoms with Crippen LogP contribution in [-0.2, 0) is 4.79 Å². The van der Waals surface area contributed by atoms with Gasteiger partial charge in [0.25, 0.3) is 0 Å². The molecule has 4 unspecified atom stereocenters. The average Bonchev–Trinajstić information content (AvgIpc) is 2.50. The first kappa shape index (κ1) is 14.4. The summed E-state index contributed by atoms with van der Waals surface area (Å²) < 4.78 is 0. The average molecular weight is 286 g/mol. The van der Waals surface area contributed by atoms with Gasteiger partial charge in [0, 0.05) is 18.3 Å². The third-order valence-corrected chi connectivity index (χ3v) is 5.35. The molecule has 0 spiro atoms. The Hall–Kier alpha value is -1.51. The van der Waals surface area contributed by atoms with Crippen molar-refractivity contribution in [1.29, 1.82) is 0 Å².